The van der Waals surface area contributed by atoms with Crippen molar-refractivity contribution in [2.75, 3.05) is 7.11 Å². The molecule has 0 saturated heterocycles. The number of hydrogen-bond donors (Lipinski definition) is 0. The fourth-order valence-electron chi connectivity index (χ4n) is 3.54. The minimum atomic E-state index is -4.61. The first-order valence-corrected chi connectivity index (χ1v) is 9.22. The lowest BCUT2D eigenvalue weighted by molar-refractivity contribution is -0.137. The normalized spacial score (nSPS) is 12.0. The van der Waals surface area contributed by atoms with Gasteiger partial charge in [0, 0.05) is 19.2 Å². The second-order valence-electron chi connectivity index (χ2n) is 6.81. The van der Waals surface area contributed by atoms with Crippen LogP contribution in [0.1, 0.15) is 11.3 Å². The van der Waals surface area contributed by atoms with Crippen LogP contribution in [0, 0.1) is 18.6 Å². The summed E-state index contributed by atoms with van der Waals surface area (Å²) in [7, 11) is 2.82. The van der Waals surface area contributed by atoms with Crippen molar-refractivity contribution >= 4 is 22.6 Å². The fraction of sp³-hybridized carbons (Fsp3) is 0.200. The number of nitrogens with zero attached hydrogens (tertiary/aromatic N) is 4. The van der Waals surface area contributed by atoms with Gasteiger partial charge in [-0.2, -0.15) is 18.3 Å². The number of fused-ring (bicyclic) bond motifs is 1. The van der Waals surface area contributed by atoms with E-state index in [2.05, 4.69) is 10.1 Å². The Morgan fingerprint density at radius 3 is 2.26 bits per heavy atom. The van der Waals surface area contributed by atoms with Crippen LogP contribution in [0.2, 0.25) is 5.02 Å². The molecule has 0 spiro atoms. The highest BCUT2D eigenvalue weighted by atomic mass is 35.5. The summed E-state index contributed by atoms with van der Waals surface area (Å²) >= 11 is 6.17. The number of halogens is 6. The highest BCUT2D eigenvalue weighted by Crippen LogP contribution is 2.39. The SMILES string of the molecule is COc1cc(F)c(-c2c(C)nn(C)c2-n2cnc3cc(C(F)(F)F)cc(Cl)c32)c(F)c1. The molecule has 0 amide bonds. The van der Waals surface area contributed by atoms with E-state index >= 15 is 0 Å². The largest absolute Gasteiger partial charge is 0.497 e. The number of ether oxygens (including phenoxy) is 1. The molecule has 2 aromatic heterocycles. The number of rotatable bonds is 3. The van der Waals surface area contributed by atoms with Gasteiger partial charge in [0.25, 0.3) is 0 Å². The van der Waals surface area contributed by atoms with Crippen molar-refractivity contribution in [1.29, 1.82) is 0 Å². The van der Waals surface area contributed by atoms with Gasteiger partial charge in [-0.15, -0.1) is 0 Å². The minimum Gasteiger partial charge on any atom is -0.497 e. The second-order valence-corrected chi connectivity index (χ2v) is 7.22. The topological polar surface area (TPSA) is 44.9 Å². The Bertz CT molecular complexity index is 1300. The lowest BCUT2D eigenvalue weighted by Crippen LogP contribution is -2.06. The second kappa shape index (κ2) is 7.23. The third kappa shape index (κ3) is 3.40. The van der Waals surface area contributed by atoms with Crippen LogP contribution in [0.4, 0.5) is 22.0 Å². The van der Waals surface area contributed by atoms with Crippen molar-refractivity contribution < 1.29 is 26.7 Å². The maximum absolute atomic E-state index is 14.8. The molecule has 4 aromatic rings. The first-order chi connectivity index (χ1) is 14.5. The van der Waals surface area contributed by atoms with Crippen molar-refractivity contribution in [2.24, 2.45) is 7.05 Å². The predicted molar refractivity (Wildman–Crippen MR) is 104 cm³/mol. The van der Waals surface area contributed by atoms with Gasteiger partial charge >= 0.3 is 6.18 Å². The van der Waals surface area contributed by atoms with Gasteiger partial charge in [-0.25, -0.2) is 13.8 Å². The summed E-state index contributed by atoms with van der Waals surface area (Å²) in [6.07, 6.45) is -3.37. The first-order valence-electron chi connectivity index (χ1n) is 8.84. The minimum absolute atomic E-state index is 0.00218. The van der Waals surface area contributed by atoms with Crippen LogP contribution in [0.15, 0.2) is 30.6 Å². The lowest BCUT2D eigenvalue weighted by Gasteiger charge is -2.13. The Morgan fingerprint density at radius 2 is 1.68 bits per heavy atom. The third-order valence-electron chi connectivity index (χ3n) is 4.85. The van der Waals surface area contributed by atoms with E-state index in [0.29, 0.717) is 5.69 Å². The molecule has 162 valence electrons. The van der Waals surface area contributed by atoms with E-state index in [1.165, 1.54) is 29.7 Å². The Hall–Kier alpha value is -3.14. The predicted octanol–water partition coefficient (Wildman–Crippen LogP) is 5.69. The van der Waals surface area contributed by atoms with Crippen molar-refractivity contribution in [3.8, 4) is 22.7 Å². The van der Waals surface area contributed by atoms with Gasteiger partial charge in [-0.1, -0.05) is 11.6 Å². The van der Waals surface area contributed by atoms with E-state index in [-0.39, 0.29) is 38.8 Å². The van der Waals surface area contributed by atoms with Crippen LogP contribution in [-0.2, 0) is 13.2 Å². The zero-order chi connectivity index (χ0) is 22.7. The summed E-state index contributed by atoms with van der Waals surface area (Å²) in [5.41, 5.74) is -0.787. The molecule has 0 unspecified atom stereocenters. The Balaban J connectivity index is 2.02. The molecule has 2 aromatic carbocycles. The zero-order valence-electron chi connectivity index (χ0n) is 16.4. The van der Waals surface area contributed by atoms with Crippen LogP contribution in [-0.4, -0.2) is 26.4 Å². The molecular formula is C20H14ClF5N4O. The van der Waals surface area contributed by atoms with Crippen molar-refractivity contribution in [1.82, 2.24) is 19.3 Å². The first kappa shape index (κ1) is 21.1. The van der Waals surface area contributed by atoms with Gasteiger partial charge in [-0.3, -0.25) is 9.25 Å². The molecule has 0 saturated carbocycles. The molecule has 0 aliphatic heterocycles. The molecule has 0 atom stereocenters. The zero-order valence-corrected chi connectivity index (χ0v) is 17.1. The number of hydrogen-bond acceptors (Lipinski definition) is 3. The van der Waals surface area contributed by atoms with Crippen LogP contribution < -0.4 is 4.74 Å². The summed E-state index contributed by atoms with van der Waals surface area (Å²) < 4.78 is 76.7. The van der Waals surface area contributed by atoms with E-state index in [1.54, 1.807) is 6.92 Å². The molecule has 0 radical (unpaired) electrons. The van der Waals surface area contributed by atoms with Gasteiger partial charge < -0.3 is 4.74 Å². The van der Waals surface area contributed by atoms with Gasteiger partial charge in [0.05, 0.1) is 45.6 Å². The average Bonchev–Trinajstić information content (AvgIpc) is 3.21. The summed E-state index contributed by atoms with van der Waals surface area (Å²) in [4.78, 5) is 4.02. The molecule has 0 N–H and O–H groups in total. The number of alkyl halides is 3. The number of imidazole rings is 1. The van der Waals surface area contributed by atoms with E-state index in [9.17, 15) is 22.0 Å². The summed E-state index contributed by atoms with van der Waals surface area (Å²) in [6.45, 7) is 1.56. The maximum Gasteiger partial charge on any atom is 0.416 e. The van der Waals surface area contributed by atoms with Crippen LogP contribution in [0.3, 0.4) is 0 Å². The van der Waals surface area contributed by atoms with Crippen molar-refractivity contribution in [3.63, 3.8) is 0 Å². The number of aromatic nitrogens is 4. The van der Waals surface area contributed by atoms with Crippen LogP contribution in [0.5, 0.6) is 5.75 Å². The Kier molecular flexibility index (Phi) is 4.92. The molecular weight excluding hydrogens is 443 g/mol. The van der Waals surface area contributed by atoms with Gasteiger partial charge in [0.15, 0.2) is 0 Å². The number of aryl methyl sites for hydroxylation is 2. The number of methoxy groups -OCH3 is 1. The quantitative estimate of drug-likeness (QED) is 0.372. The molecule has 31 heavy (non-hydrogen) atoms. The van der Waals surface area contributed by atoms with E-state index in [1.807, 2.05) is 0 Å². The van der Waals surface area contributed by atoms with Crippen molar-refractivity contribution in [3.05, 3.63) is 58.5 Å². The highest BCUT2D eigenvalue weighted by molar-refractivity contribution is 6.35. The molecule has 0 aliphatic rings. The smallest absolute Gasteiger partial charge is 0.416 e. The monoisotopic (exact) mass is 456 g/mol. The molecule has 0 fully saturated rings. The Morgan fingerprint density at radius 1 is 1.03 bits per heavy atom. The van der Waals surface area contributed by atoms with E-state index in [4.69, 9.17) is 16.3 Å². The third-order valence-corrected chi connectivity index (χ3v) is 5.13. The summed E-state index contributed by atoms with van der Waals surface area (Å²) in [5.74, 6) is -1.59. The maximum atomic E-state index is 14.8. The molecule has 0 bridgehead atoms. The lowest BCUT2D eigenvalue weighted by atomic mass is 10.0. The van der Waals surface area contributed by atoms with E-state index < -0.39 is 23.4 Å². The molecule has 2 heterocycles. The molecule has 11 heteroatoms. The highest BCUT2D eigenvalue weighted by Gasteiger charge is 2.32. The average molecular weight is 457 g/mol. The summed E-state index contributed by atoms with van der Waals surface area (Å²) in [6, 6.07) is 3.70. The van der Waals surface area contributed by atoms with Crippen LogP contribution >= 0.6 is 11.6 Å². The standard InChI is InChI=1S/C20H14ClF5N4O/c1-9-16(17-13(22)6-11(31-3)7-14(17)23)19(29(2)28-9)30-8-27-15-5-10(20(24,25)26)4-12(21)18(15)30/h4-8H,1-3H3. The molecule has 5 nitrogen and oxygen atoms in total. The van der Waals surface area contributed by atoms with Crippen molar-refractivity contribution in [2.45, 2.75) is 13.1 Å². The van der Waals surface area contributed by atoms with Crippen LogP contribution in [0.25, 0.3) is 28.0 Å². The van der Waals surface area contributed by atoms with E-state index in [0.717, 1.165) is 24.3 Å². The van der Waals surface area contributed by atoms with Gasteiger partial charge in [-0.05, 0) is 19.1 Å². The van der Waals surface area contributed by atoms with Gasteiger partial charge in [0.1, 0.15) is 29.5 Å². The Labute approximate surface area is 177 Å². The molecule has 0 aliphatic carbocycles. The fourth-order valence-corrected chi connectivity index (χ4v) is 3.85. The number of benzene rings is 2. The molecule has 4 rings (SSSR count). The summed E-state index contributed by atoms with van der Waals surface area (Å²) in [5, 5.41) is 4.02. The van der Waals surface area contributed by atoms with Gasteiger partial charge in [0.2, 0.25) is 0 Å².